The highest BCUT2D eigenvalue weighted by atomic mass is 16.5. The van der Waals surface area contributed by atoms with Gasteiger partial charge in [0.1, 0.15) is 0 Å². The summed E-state index contributed by atoms with van der Waals surface area (Å²) >= 11 is 0. The number of hydrogen-bond donors (Lipinski definition) is 2. The van der Waals surface area contributed by atoms with E-state index in [1.165, 1.54) is 0 Å². The van der Waals surface area contributed by atoms with Crippen molar-refractivity contribution in [1.82, 2.24) is 19.5 Å². The molecule has 3 N–H and O–H groups in total. The Bertz CT molecular complexity index is 563. The predicted octanol–water partition coefficient (Wildman–Crippen LogP) is 0.446. The van der Waals surface area contributed by atoms with Crippen molar-refractivity contribution in [1.29, 1.82) is 0 Å². The number of morpholine rings is 1. The number of nitrogens with two attached hydrogens (primary N) is 1. The second-order valence-corrected chi connectivity index (χ2v) is 4.92. The van der Waals surface area contributed by atoms with Crippen LogP contribution in [0.15, 0.2) is 18.3 Å². The standard InChI is InChI=1S/C13H20N6O/c14-13-16-12-3-2-11(10-19(12)17-13)15-4-1-5-18-6-8-20-9-7-18/h2-3,10,15H,1,4-9H2,(H2,14,17). The van der Waals surface area contributed by atoms with Gasteiger partial charge in [-0.05, 0) is 25.1 Å². The first-order valence-corrected chi connectivity index (χ1v) is 6.97. The Morgan fingerprint density at radius 1 is 1.30 bits per heavy atom. The first kappa shape index (κ1) is 13.1. The highest BCUT2D eigenvalue weighted by molar-refractivity contribution is 5.50. The van der Waals surface area contributed by atoms with Crippen molar-refractivity contribution in [3.8, 4) is 0 Å². The maximum atomic E-state index is 5.57. The van der Waals surface area contributed by atoms with Crippen LogP contribution < -0.4 is 11.1 Å². The van der Waals surface area contributed by atoms with Gasteiger partial charge in [-0.2, -0.15) is 4.98 Å². The number of nitrogens with one attached hydrogen (secondary N) is 1. The molecular formula is C13H20N6O. The maximum Gasteiger partial charge on any atom is 0.240 e. The van der Waals surface area contributed by atoms with Crippen LogP contribution in [0.25, 0.3) is 5.65 Å². The second-order valence-electron chi connectivity index (χ2n) is 4.92. The Hall–Kier alpha value is -1.86. The Morgan fingerprint density at radius 2 is 2.15 bits per heavy atom. The summed E-state index contributed by atoms with van der Waals surface area (Å²) in [6, 6.07) is 3.91. The quantitative estimate of drug-likeness (QED) is 0.772. The molecule has 0 bridgehead atoms. The summed E-state index contributed by atoms with van der Waals surface area (Å²) in [5.74, 6) is 0.300. The lowest BCUT2D eigenvalue weighted by Crippen LogP contribution is -2.37. The zero-order valence-corrected chi connectivity index (χ0v) is 11.5. The van der Waals surface area contributed by atoms with Crippen molar-refractivity contribution >= 4 is 17.3 Å². The summed E-state index contributed by atoms with van der Waals surface area (Å²) in [7, 11) is 0. The third kappa shape index (κ3) is 3.17. The van der Waals surface area contributed by atoms with Gasteiger partial charge in [0.15, 0.2) is 5.65 Å². The lowest BCUT2D eigenvalue weighted by atomic mass is 10.3. The molecule has 1 fully saturated rings. The lowest BCUT2D eigenvalue weighted by Gasteiger charge is -2.26. The summed E-state index contributed by atoms with van der Waals surface area (Å²) in [4.78, 5) is 6.53. The van der Waals surface area contributed by atoms with Gasteiger partial charge in [-0.15, -0.1) is 5.10 Å². The van der Waals surface area contributed by atoms with Crippen LogP contribution in [0.2, 0.25) is 0 Å². The minimum absolute atomic E-state index is 0.300. The van der Waals surface area contributed by atoms with Crippen LogP contribution in [0.5, 0.6) is 0 Å². The van der Waals surface area contributed by atoms with E-state index in [2.05, 4.69) is 20.3 Å². The molecule has 2 aromatic rings. The van der Waals surface area contributed by atoms with Gasteiger partial charge in [0.2, 0.25) is 5.95 Å². The molecule has 1 saturated heterocycles. The van der Waals surface area contributed by atoms with Crippen molar-refractivity contribution in [2.75, 3.05) is 50.4 Å². The van der Waals surface area contributed by atoms with Gasteiger partial charge in [-0.25, -0.2) is 4.52 Å². The summed E-state index contributed by atoms with van der Waals surface area (Å²) in [5.41, 5.74) is 7.36. The average Bonchev–Trinajstić information content (AvgIpc) is 2.84. The van der Waals surface area contributed by atoms with Gasteiger partial charge in [0, 0.05) is 19.6 Å². The van der Waals surface area contributed by atoms with E-state index in [1.807, 2.05) is 18.3 Å². The summed E-state index contributed by atoms with van der Waals surface area (Å²) < 4.78 is 7.03. The van der Waals surface area contributed by atoms with Gasteiger partial charge in [0.25, 0.3) is 0 Å². The SMILES string of the molecule is Nc1nc2ccc(NCCCN3CCOCC3)cn2n1. The average molecular weight is 276 g/mol. The van der Waals surface area contributed by atoms with Crippen LogP contribution >= 0.6 is 0 Å². The van der Waals surface area contributed by atoms with Crippen molar-refractivity contribution in [3.05, 3.63) is 18.3 Å². The number of hydrogen-bond acceptors (Lipinski definition) is 6. The molecule has 3 rings (SSSR count). The number of ether oxygens (including phenoxy) is 1. The summed E-state index contributed by atoms with van der Waals surface area (Å²) in [6.45, 7) is 5.85. The minimum Gasteiger partial charge on any atom is -0.384 e. The number of fused-ring (bicyclic) bond motifs is 1. The summed E-state index contributed by atoms with van der Waals surface area (Å²) in [5, 5.41) is 7.49. The van der Waals surface area contributed by atoms with E-state index in [1.54, 1.807) is 4.52 Å². The van der Waals surface area contributed by atoms with Gasteiger partial charge >= 0.3 is 0 Å². The number of aromatic nitrogens is 3. The topological polar surface area (TPSA) is 80.7 Å². The molecule has 20 heavy (non-hydrogen) atoms. The van der Waals surface area contributed by atoms with Gasteiger partial charge in [-0.1, -0.05) is 0 Å². The minimum atomic E-state index is 0.300. The van der Waals surface area contributed by atoms with E-state index in [4.69, 9.17) is 10.5 Å². The van der Waals surface area contributed by atoms with Crippen molar-refractivity contribution < 1.29 is 4.74 Å². The number of nitrogen functional groups attached to an aromatic ring is 1. The molecule has 0 amide bonds. The van der Waals surface area contributed by atoms with E-state index < -0.39 is 0 Å². The Kier molecular flexibility index (Phi) is 3.98. The Balaban J connectivity index is 1.46. The number of pyridine rings is 1. The maximum absolute atomic E-state index is 5.57. The van der Waals surface area contributed by atoms with Crippen molar-refractivity contribution in [3.63, 3.8) is 0 Å². The lowest BCUT2D eigenvalue weighted by molar-refractivity contribution is 0.0378. The van der Waals surface area contributed by atoms with E-state index in [-0.39, 0.29) is 0 Å². The van der Waals surface area contributed by atoms with Gasteiger partial charge in [0.05, 0.1) is 25.1 Å². The predicted molar refractivity (Wildman–Crippen MR) is 77.8 cm³/mol. The molecule has 0 unspecified atom stereocenters. The van der Waals surface area contributed by atoms with Crippen LogP contribution in [-0.4, -0.2) is 58.9 Å². The smallest absolute Gasteiger partial charge is 0.240 e. The normalized spacial score (nSPS) is 16.6. The number of nitrogens with zero attached hydrogens (tertiary/aromatic N) is 4. The second kappa shape index (κ2) is 6.06. The van der Waals surface area contributed by atoms with Gasteiger partial charge in [-0.3, -0.25) is 4.90 Å². The van der Waals surface area contributed by atoms with Crippen molar-refractivity contribution in [2.45, 2.75) is 6.42 Å². The molecule has 2 aromatic heterocycles. The third-order valence-corrected chi connectivity index (χ3v) is 3.43. The van der Waals surface area contributed by atoms with Crippen LogP contribution in [0.3, 0.4) is 0 Å². The fourth-order valence-electron chi connectivity index (χ4n) is 2.37. The molecule has 0 saturated carbocycles. The first-order chi connectivity index (χ1) is 9.81. The largest absolute Gasteiger partial charge is 0.384 e. The van der Waals surface area contributed by atoms with Crippen LogP contribution in [0.1, 0.15) is 6.42 Å². The molecular weight excluding hydrogens is 256 g/mol. The molecule has 3 heterocycles. The summed E-state index contributed by atoms with van der Waals surface area (Å²) in [6.07, 6.45) is 3.02. The molecule has 0 atom stereocenters. The molecule has 0 aliphatic carbocycles. The molecule has 7 nitrogen and oxygen atoms in total. The highest BCUT2D eigenvalue weighted by Crippen LogP contribution is 2.10. The molecule has 0 spiro atoms. The van der Waals surface area contributed by atoms with E-state index in [9.17, 15) is 0 Å². The third-order valence-electron chi connectivity index (χ3n) is 3.43. The first-order valence-electron chi connectivity index (χ1n) is 6.97. The molecule has 1 aliphatic heterocycles. The molecule has 7 heteroatoms. The Labute approximate surface area is 117 Å². The zero-order chi connectivity index (χ0) is 13.8. The van der Waals surface area contributed by atoms with Crippen LogP contribution in [-0.2, 0) is 4.74 Å². The molecule has 0 radical (unpaired) electrons. The number of anilines is 2. The Morgan fingerprint density at radius 3 is 3.00 bits per heavy atom. The molecule has 1 aliphatic rings. The molecule has 108 valence electrons. The zero-order valence-electron chi connectivity index (χ0n) is 11.5. The number of rotatable bonds is 5. The van der Waals surface area contributed by atoms with Crippen LogP contribution in [0.4, 0.5) is 11.6 Å². The fourth-order valence-corrected chi connectivity index (χ4v) is 2.37. The monoisotopic (exact) mass is 276 g/mol. The fraction of sp³-hybridized carbons (Fsp3) is 0.538. The molecule has 0 aromatic carbocycles. The van der Waals surface area contributed by atoms with E-state index >= 15 is 0 Å². The van der Waals surface area contributed by atoms with E-state index in [0.29, 0.717) is 5.95 Å². The van der Waals surface area contributed by atoms with Crippen LogP contribution in [0, 0.1) is 0 Å². The van der Waals surface area contributed by atoms with Gasteiger partial charge < -0.3 is 15.8 Å². The van der Waals surface area contributed by atoms with E-state index in [0.717, 1.165) is 57.1 Å². The highest BCUT2D eigenvalue weighted by Gasteiger charge is 2.09. The van der Waals surface area contributed by atoms with Crippen molar-refractivity contribution in [2.24, 2.45) is 0 Å².